The van der Waals surface area contributed by atoms with Gasteiger partial charge in [0, 0.05) is 44.3 Å². The molecule has 0 amide bonds. The number of fused-ring (bicyclic) bond motifs is 1. The molecule has 0 saturated carbocycles. The Kier molecular flexibility index (Phi) is 4.61. The fourth-order valence-corrected chi connectivity index (χ4v) is 4.32. The monoisotopic (exact) mass is 407 g/mol. The second-order valence-electron chi connectivity index (χ2n) is 7.14. The van der Waals surface area contributed by atoms with Crippen molar-refractivity contribution >= 4 is 33.2 Å². The molecule has 9 heteroatoms. The number of aryl methyl sites for hydroxylation is 2. The van der Waals surface area contributed by atoms with Gasteiger partial charge in [-0.25, -0.2) is 15.0 Å². The number of thiazole rings is 1. The first-order valence-corrected chi connectivity index (χ1v) is 10.3. The topological polar surface area (TPSA) is 89.8 Å². The maximum Gasteiger partial charge on any atom is 0.215 e. The molecule has 0 radical (unpaired) electrons. The van der Waals surface area contributed by atoms with Crippen molar-refractivity contribution in [2.75, 3.05) is 18.4 Å². The summed E-state index contributed by atoms with van der Waals surface area (Å²) in [5.74, 6) is 2.88. The summed E-state index contributed by atoms with van der Waals surface area (Å²) in [6, 6.07) is 5.87. The summed E-state index contributed by atoms with van der Waals surface area (Å²) >= 11 is 1.58. The summed E-state index contributed by atoms with van der Waals surface area (Å²) in [5, 5.41) is 7.46. The Morgan fingerprint density at radius 2 is 2.14 bits per heavy atom. The SMILES string of the molecule is Cc1cc(Nc2cc3nc(-c4nccn4C)sc3cn2)nc(O[C@@H]2CCNC2)c1. The Bertz CT molecular complexity index is 1160. The maximum atomic E-state index is 6.01. The second kappa shape index (κ2) is 7.41. The zero-order valence-electron chi connectivity index (χ0n) is 16.2. The molecule has 0 aromatic carbocycles. The van der Waals surface area contributed by atoms with E-state index < -0.39 is 0 Å². The average Bonchev–Trinajstić information content (AvgIpc) is 3.41. The highest BCUT2D eigenvalue weighted by Crippen LogP contribution is 2.30. The molecule has 0 aliphatic carbocycles. The number of nitrogens with zero attached hydrogens (tertiary/aromatic N) is 5. The predicted octanol–water partition coefficient (Wildman–Crippen LogP) is 3.28. The highest BCUT2D eigenvalue weighted by molar-refractivity contribution is 7.21. The minimum absolute atomic E-state index is 0.172. The van der Waals surface area contributed by atoms with Crippen LogP contribution in [0.4, 0.5) is 11.6 Å². The summed E-state index contributed by atoms with van der Waals surface area (Å²) in [4.78, 5) is 18.2. The Hall–Kier alpha value is -3.04. The zero-order chi connectivity index (χ0) is 19.8. The van der Waals surface area contributed by atoms with Gasteiger partial charge in [-0.15, -0.1) is 11.3 Å². The van der Waals surface area contributed by atoms with Gasteiger partial charge in [0.2, 0.25) is 5.88 Å². The third-order valence-corrected chi connectivity index (χ3v) is 5.79. The molecule has 8 nitrogen and oxygen atoms in total. The van der Waals surface area contributed by atoms with E-state index >= 15 is 0 Å². The molecule has 1 atom stereocenters. The summed E-state index contributed by atoms with van der Waals surface area (Å²) in [7, 11) is 1.96. The number of nitrogens with one attached hydrogen (secondary N) is 2. The highest BCUT2D eigenvalue weighted by atomic mass is 32.1. The number of hydrogen-bond donors (Lipinski definition) is 2. The van der Waals surface area contributed by atoms with Gasteiger partial charge < -0.3 is 19.9 Å². The smallest absolute Gasteiger partial charge is 0.215 e. The van der Waals surface area contributed by atoms with Crippen molar-refractivity contribution < 1.29 is 4.74 Å². The van der Waals surface area contributed by atoms with E-state index in [0.29, 0.717) is 17.5 Å². The first-order valence-electron chi connectivity index (χ1n) is 9.51. The van der Waals surface area contributed by atoms with Crippen LogP contribution < -0.4 is 15.4 Å². The fourth-order valence-electron chi connectivity index (χ4n) is 3.36. The van der Waals surface area contributed by atoms with Crippen molar-refractivity contribution in [1.29, 1.82) is 0 Å². The molecule has 1 saturated heterocycles. The highest BCUT2D eigenvalue weighted by Gasteiger charge is 2.17. The van der Waals surface area contributed by atoms with Crippen LogP contribution in [0.2, 0.25) is 0 Å². The number of anilines is 2. The van der Waals surface area contributed by atoms with Crippen molar-refractivity contribution in [2.45, 2.75) is 19.4 Å². The minimum Gasteiger partial charge on any atom is -0.473 e. The molecular weight excluding hydrogens is 386 g/mol. The molecule has 5 heterocycles. The van der Waals surface area contributed by atoms with Crippen LogP contribution >= 0.6 is 11.3 Å². The van der Waals surface area contributed by atoms with Gasteiger partial charge in [0.25, 0.3) is 0 Å². The van der Waals surface area contributed by atoms with Crippen LogP contribution in [0.25, 0.3) is 21.0 Å². The van der Waals surface area contributed by atoms with Gasteiger partial charge in [0.05, 0.1) is 10.2 Å². The predicted molar refractivity (Wildman–Crippen MR) is 114 cm³/mol. The summed E-state index contributed by atoms with van der Waals surface area (Å²) < 4.78 is 8.98. The van der Waals surface area contributed by atoms with E-state index in [1.54, 1.807) is 17.5 Å². The Balaban J connectivity index is 1.39. The Morgan fingerprint density at radius 3 is 2.93 bits per heavy atom. The third-order valence-electron chi connectivity index (χ3n) is 4.79. The van der Waals surface area contributed by atoms with Crippen LogP contribution in [0.15, 0.2) is 36.8 Å². The Labute approximate surface area is 172 Å². The standard InChI is InChI=1S/C20H21N7OS/c1-12-7-17(26-18(8-12)28-13-3-4-21-10-13)25-16-9-14-15(11-23-16)29-20(24-14)19-22-5-6-27(19)2/h5-9,11,13,21H,3-4,10H2,1-2H3,(H,23,25,26)/t13-/m1/s1. The Morgan fingerprint density at radius 1 is 1.21 bits per heavy atom. The van der Waals surface area contributed by atoms with E-state index in [0.717, 1.165) is 46.1 Å². The molecule has 29 heavy (non-hydrogen) atoms. The van der Waals surface area contributed by atoms with Gasteiger partial charge >= 0.3 is 0 Å². The molecule has 2 N–H and O–H groups in total. The van der Waals surface area contributed by atoms with Crippen LogP contribution in [0.5, 0.6) is 5.88 Å². The lowest BCUT2D eigenvalue weighted by Gasteiger charge is -2.13. The van der Waals surface area contributed by atoms with Gasteiger partial charge in [0.15, 0.2) is 10.8 Å². The molecule has 1 aliphatic rings. The van der Waals surface area contributed by atoms with E-state index in [1.807, 2.05) is 49.1 Å². The van der Waals surface area contributed by atoms with Crippen LogP contribution in [-0.4, -0.2) is 43.7 Å². The van der Waals surface area contributed by atoms with Crippen molar-refractivity contribution in [3.8, 4) is 16.7 Å². The van der Waals surface area contributed by atoms with Crippen molar-refractivity contribution in [1.82, 2.24) is 29.8 Å². The number of aromatic nitrogens is 5. The van der Waals surface area contributed by atoms with Crippen molar-refractivity contribution in [3.05, 3.63) is 42.4 Å². The quantitative estimate of drug-likeness (QED) is 0.525. The minimum atomic E-state index is 0.172. The van der Waals surface area contributed by atoms with E-state index in [-0.39, 0.29) is 6.10 Å². The van der Waals surface area contributed by atoms with E-state index in [9.17, 15) is 0 Å². The largest absolute Gasteiger partial charge is 0.473 e. The number of rotatable bonds is 5. The lowest BCUT2D eigenvalue weighted by molar-refractivity contribution is 0.214. The second-order valence-corrected chi connectivity index (χ2v) is 8.17. The van der Waals surface area contributed by atoms with E-state index in [4.69, 9.17) is 9.72 Å². The van der Waals surface area contributed by atoms with E-state index in [2.05, 4.69) is 25.6 Å². The van der Waals surface area contributed by atoms with Gasteiger partial charge in [-0.1, -0.05) is 0 Å². The zero-order valence-corrected chi connectivity index (χ0v) is 17.0. The lowest BCUT2D eigenvalue weighted by Crippen LogP contribution is -2.20. The lowest BCUT2D eigenvalue weighted by atomic mass is 10.3. The summed E-state index contributed by atoms with van der Waals surface area (Å²) in [5.41, 5.74) is 1.96. The molecule has 4 aromatic heterocycles. The van der Waals surface area contributed by atoms with E-state index in [1.165, 1.54) is 0 Å². The molecule has 1 fully saturated rings. The van der Waals surface area contributed by atoms with Gasteiger partial charge in [0.1, 0.15) is 17.7 Å². The molecule has 0 bridgehead atoms. The molecule has 5 rings (SSSR count). The number of hydrogen-bond acceptors (Lipinski definition) is 8. The van der Waals surface area contributed by atoms with Crippen LogP contribution in [-0.2, 0) is 7.05 Å². The first kappa shape index (κ1) is 18.0. The summed E-state index contributed by atoms with van der Waals surface area (Å²) in [6.07, 6.45) is 6.69. The van der Waals surface area contributed by atoms with Gasteiger partial charge in [-0.05, 0) is 31.5 Å². The molecular formula is C20H21N7OS. The van der Waals surface area contributed by atoms with Gasteiger partial charge in [-0.2, -0.15) is 4.98 Å². The maximum absolute atomic E-state index is 6.01. The molecule has 1 aliphatic heterocycles. The average molecular weight is 408 g/mol. The number of ether oxygens (including phenoxy) is 1. The molecule has 148 valence electrons. The van der Waals surface area contributed by atoms with Crippen LogP contribution in [0.1, 0.15) is 12.0 Å². The van der Waals surface area contributed by atoms with Gasteiger partial charge in [-0.3, -0.25) is 0 Å². The molecule has 0 spiro atoms. The number of imidazole rings is 1. The van der Waals surface area contributed by atoms with Crippen LogP contribution in [0.3, 0.4) is 0 Å². The number of pyridine rings is 2. The van der Waals surface area contributed by atoms with Crippen molar-refractivity contribution in [3.63, 3.8) is 0 Å². The molecule has 0 unspecified atom stereocenters. The molecule has 4 aromatic rings. The van der Waals surface area contributed by atoms with Crippen molar-refractivity contribution in [2.24, 2.45) is 7.05 Å². The normalized spacial score (nSPS) is 16.4. The first-order chi connectivity index (χ1) is 14.1. The van der Waals surface area contributed by atoms with Crippen LogP contribution in [0, 0.1) is 6.92 Å². The summed E-state index contributed by atoms with van der Waals surface area (Å²) in [6.45, 7) is 3.88. The third kappa shape index (κ3) is 3.79. The fraction of sp³-hybridized carbons (Fsp3) is 0.300.